The molecule has 0 saturated heterocycles. The van der Waals surface area contributed by atoms with Gasteiger partial charge in [0, 0.05) is 16.8 Å². The summed E-state index contributed by atoms with van der Waals surface area (Å²) < 4.78 is 0. The van der Waals surface area contributed by atoms with Gasteiger partial charge in [0.1, 0.15) is 0 Å². The molecule has 1 heterocycles. The SMILES string of the molecule is Clc1csc(CNc2c(Cl)cccc2Cl)c1. The molecule has 1 N–H and O–H groups in total. The lowest BCUT2D eigenvalue weighted by Gasteiger charge is -2.08. The van der Waals surface area contributed by atoms with Crippen LogP contribution in [0.25, 0.3) is 0 Å². The average Bonchev–Trinajstić information content (AvgIpc) is 2.63. The largest absolute Gasteiger partial charge is 0.378 e. The van der Waals surface area contributed by atoms with E-state index in [2.05, 4.69) is 5.32 Å². The maximum absolute atomic E-state index is 6.03. The summed E-state index contributed by atoms with van der Waals surface area (Å²) in [7, 11) is 0. The second-order valence-corrected chi connectivity index (χ2v) is 5.43. The molecule has 0 amide bonds. The molecule has 1 aromatic carbocycles. The molecule has 5 heteroatoms. The Morgan fingerprint density at radius 1 is 1.12 bits per heavy atom. The summed E-state index contributed by atoms with van der Waals surface area (Å²) in [4.78, 5) is 1.14. The summed E-state index contributed by atoms with van der Waals surface area (Å²) in [5, 5.41) is 7.09. The predicted molar refractivity (Wildman–Crippen MR) is 73.1 cm³/mol. The first-order valence-corrected chi connectivity index (χ1v) is 6.59. The molecule has 2 aromatic rings. The van der Waals surface area contributed by atoms with Crippen LogP contribution in [0.1, 0.15) is 4.88 Å². The van der Waals surface area contributed by atoms with Crippen LogP contribution in [-0.2, 0) is 6.54 Å². The van der Waals surface area contributed by atoms with Gasteiger partial charge in [0.2, 0.25) is 0 Å². The Labute approximate surface area is 113 Å². The molecule has 2 rings (SSSR count). The lowest BCUT2D eigenvalue weighted by molar-refractivity contribution is 1.19. The number of thiophene rings is 1. The van der Waals surface area contributed by atoms with Gasteiger partial charge >= 0.3 is 0 Å². The van der Waals surface area contributed by atoms with Gasteiger partial charge in [-0.2, -0.15) is 0 Å². The molecular formula is C11H8Cl3NS. The van der Waals surface area contributed by atoms with E-state index in [1.807, 2.05) is 17.5 Å². The van der Waals surface area contributed by atoms with Crippen molar-refractivity contribution in [2.45, 2.75) is 6.54 Å². The number of para-hydroxylation sites is 1. The summed E-state index contributed by atoms with van der Waals surface area (Å²) in [6.07, 6.45) is 0. The third kappa shape index (κ3) is 2.83. The highest BCUT2D eigenvalue weighted by Gasteiger charge is 2.05. The van der Waals surface area contributed by atoms with E-state index in [1.165, 1.54) is 0 Å². The van der Waals surface area contributed by atoms with Gasteiger partial charge in [-0.25, -0.2) is 0 Å². The Bertz CT molecular complexity index is 475. The van der Waals surface area contributed by atoms with E-state index in [-0.39, 0.29) is 0 Å². The monoisotopic (exact) mass is 291 g/mol. The maximum atomic E-state index is 6.03. The molecule has 0 aliphatic carbocycles. The molecule has 0 fully saturated rings. The topological polar surface area (TPSA) is 12.0 Å². The zero-order valence-electron chi connectivity index (χ0n) is 8.14. The number of nitrogens with one attached hydrogen (secondary N) is 1. The fourth-order valence-corrected chi connectivity index (χ4v) is 2.83. The van der Waals surface area contributed by atoms with Gasteiger partial charge in [0.25, 0.3) is 0 Å². The Morgan fingerprint density at radius 3 is 2.38 bits per heavy atom. The number of hydrogen-bond donors (Lipinski definition) is 1. The third-order valence-corrected chi connectivity index (χ3v) is 3.94. The zero-order chi connectivity index (χ0) is 11.5. The summed E-state index contributed by atoms with van der Waals surface area (Å²) in [6.45, 7) is 0.668. The zero-order valence-corrected chi connectivity index (χ0v) is 11.2. The molecule has 0 saturated carbocycles. The van der Waals surface area contributed by atoms with Crippen LogP contribution in [0, 0.1) is 0 Å². The summed E-state index contributed by atoms with van der Waals surface area (Å²) in [5.41, 5.74) is 0.760. The number of benzene rings is 1. The summed E-state index contributed by atoms with van der Waals surface area (Å²) in [6, 6.07) is 7.34. The highest BCUT2D eigenvalue weighted by atomic mass is 35.5. The second kappa shape index (κ2) is 5.28. The van der Waals surface area contributed by atoms with Gasteiger partial charge in [-0.3, -0.25) is 0 Å². The smallest absolute Gasteiger partial charge is 0.0721 e. The van der Waals surface area contributed by atoms with Crippen LogP contribution in [-0.4, -0.2) is 0 Å². The van der Waals surface area contributed by atoms with E-state index in [0.29, 0.717) is 16.6 Å². The van der Waals surface area contributed by atoms with Gasteiger partial charge in [0.05, 0.1) is 20.8 Å². The number of rotatable bonds is 3. The molecule has 0 atom stereocenters. The van der Waals surface area contributed by atoms with Gasteiger partial charge in [-0.05, 0) is 18.2 Å². The molecule has 0 radical (unpaired) electrons. The highest BCUT2D eigenvalue weighted by molar-refractivity contribution is 7.10. The molecule has 0 aliphatic rings. The van der Waals surface area contributed by atoms with E-state index in [4.69, 9.17) is 34.8 Å². The Balaban J connectivity index is 2.10. The molecule has 0 bridgehead atoms. The minimum Gasteiger partial charge on any atom is -0.378 e. The molecule has 1 aromatic heterocycles. The predicted octanol–water partition coefficient (Wildman–Crippen LogP) is 5.32. The van der Waals surface area contributed by atoms with Gasteiger partial charge < -0.3 is 5.32 Å². The van der Waals surface area contributed by atoms with Crippen LogP contribution >= 0.6 is 46.1 Å². The molecular weight excluding hydrogens is 285 g/mol. The van der Waals surface area contributed by atoms with Crippen molar-refractivity contribution in [1.29, 1.82) is 0 Å². The second-order valence-electron chi connectivity index (χ2n) is 3.18. The number of halogens is 3. The van der Waals surface area contributed by atoms with E-state index in [1.54, 1.807) is 23.5 Å². The Hall–Kier alpha value is -0.410. The van der Waals surface area contributed by atoms with Crippen LogP contribution in [0.4, 0.5) is 5.69 Å². The number of anilines is 1. The molecule has 16 heavy (non-hydrogen) atoms. The van der Waals surface area contributed by atoms with Crippen LogP contribution in [0.15, 0.2) is 29.6 Å². The van der Waals surface area contributed by atoms with E-state index < -0.39 is 0 Å². The lowest BCUT2D eigenvalue weighted by Crippen LogP contribution is -1.98. The fraction of sp³-hybridized carbons (Fsp3) is 0.0909. The molecule has 1 nitrogen and oxygen atoms in total. The molecule has 0 unspecified atom stereocenters. The van der Waals surface area contributed by atoms with Crippen LogP contribution in [0.2, 0.25) is 15.1 Å². The maximum Gasteiger partial charge on any atom is 0.0721 e. The molecule has 84 valence electrons. The van der Waals surface area contributed by atoms with Gasteiger partial charge in [0.15, 0.2) is 0 Å². The Kier molecular flexibility index (Phi) is 3.98. The highest BCUT2D eigenvalue weighted by Crippen LogP contribution is 2.30. The van der Waals surface area contributed by atoms with Crippen molar-refractivity contribution in [3.63, 3.8) is 0 Å². The van der Waals surface area contributed by atoms with Crippen LogP contribution in [0.3, 0.4) is 0 Å². The van der Waals surface area contributed by atoms with Crippen molar-refractivity contribution in [2.24, 2.45) is 0 Å². The van der Waals surface area contributed by atoms with Crippen molar-refractivity contribution in [3.05, 3.63) is 49.6 Å². The van der Waals surface area contributed by atoms with Crippen molar-refractivity contribution in [2.75, 3.05) is 5.32 Å². The van der Waals surface area contributed by atoms with E-state index >= 15 is 0 Å². The minimum atomic E-state index is 0.621. The summed E-state index contributed by atoms with van der Waals surface area (Å²) in [5.74, 6) is 0. The normalized spacial score (nSPS) is 10.4. The van der Waals surface area contributed by atoms with Crippen molar-refractivity contribution < 1.29 is 0 Å². The third-order valence-electron chi connectivity index (χ3n) is 2.02. The fourth-order valence-electron chi connectivity index (χ4n) is 1.29. The van der Waals surface area contributed by atoms with E-state index in [0.717, 1.165) is 15.6 Å². The standard InChI is InChI=1S/C11H8Cl3NS/c12-7-4-8(16-6-7)5-15-11-9(13)2-1-3-10(11)14/h1-4,6,15H,5H2. The van der Waals surface area contributed by atoms with Crippen molar-refractivity contribution in [3.8, 4) is 0 Å². The van der Waals surface area contributed by atoms with E-state index in [9.17, 15) is 0 Å². The summed E-state index contributed by atoms with van der Waals surface area (Å²) >= 11 is 19.5. The minimum absolute atomic E-state index is 0.621. The first kappa shape index (κ1) is 12.1. The van der Waals surface area contributed by atoms with Gasteiger partial charge in [-0.15, -0.1) is 11.3 Å². The molecule has 0 spiro atoms. The lowest BCUT2D eigenvalue weighted by atomic mass is 10.3. The van der Waals surface area contributed by atoms with Crippen LogP contribution in [0.5, 0.6) is 0 Å². The van der Waals surface area contributed by atoms with Crippen molar-refractivity contribution in [1.82, 2.24) is 0 Å². The van der Waals surface area contributed by atoms with Crippen molar-refractivity contribution >= 4 is 51.8 Å². The first-order valence-electron chi connectivity index (χ1n) is 4.57. The van der Waals surface area contributed by atoms with Gasteiger partial charge in [-0.1, -0.05) is 40.9 Å². The quantitative estimate of drug-likeness (QED) is 0.807. The first-order chi connectivity index (χ1) is 7.66. The molecule has 0 aliphatic heterocycles. The number of hydrogen-bond acceptors (Lipinski definition) is 2. The average molecular weight is 293 g/mol. The van der Waals surface area contributed by atoms with Crippen LogP contribution < -0.4 is 5.32 Å². The Morgan fingerprint density at radius 2 is 1.81 bits per heavy atom.